The van der Waals surface area contributed by atoms with Crippen LogP contribution < -0.4 is 10.9 Å². The van der Waals surface area contributed by atoms with Crippen molar-refractivity contribution in [3.63, 3.8) is 0 Å². The first-order chi connectivity index (χ1) is 11.6. The van der Waals surface area contributed by atoms with Crippen LogP contribution in [0.3, 0.4) is 0 Å². The third kappa shape index (κ3) is 3.39. The summed E-state index contributed by atoms with van der Waals surface area (Å²) in [5.41, 5.74) is 6.65. The molecule has 0 aliphatic rings. The molecule has 0 nitrogen and oxygen atoms in total. The van der Waals surface area contributed by atoms with Crippen molar-refractivity contribution in [3.05, 3.63) is 83.4 Å². The average molecular weight is 339 g/mol. The third-order valence-corrected chi connectivity index (χ3v) is 4.84. The fourth-order valence-corrected chi connectivity index (χ4v) is 3.77. The fraction of sp³-hybridized carbons (Fsp3) is 0.200. The van der Waals surface area contributed by atoms with Crippen molar-refractivity contribution >= 4 is 39.8 Å². The molecular weight excluding hydrogens is 311 g/mol. The first-order valence-electron chi connectivity index (χ1n) is 8.46. The van der Waals surface area contributed by atoms with Crippen molar-refractivity contribution < 1.29 is 0 Å². The van der Waals surface area contributed by atoms with Gasteiger partial charge >= 0.3 is 0 Å². The normalized spacial score (nSPS) is 10.3. The highest BCUT2D eigenvalue weighted by Gasteiger charge is 2.12. The zero-order chi connectivity index (χ0) is 16.7. The number of hydrogen-bond donors (Lipinski definition) is 0. The molecule has 0 aliphatic heterocycles. The summed E-state index contributed by atoms with van der Waals surface area (Å²) in [4.78, 5) is 0. The minimum absolute atomic E-state index is 0. The van der Waals surface area contributed by atoms with Gasteiger partial charge in [-0.05, 0) is 48.4 Å². The highest BCUT2D eigenvalue weighted by Crippen LogP contribution is 2.21. The summed E-state index contributed by atoms with van der Waals surface area (Å²) in [6.07, 6.45) is 0. The molecule has 0 spiro atoms. The van der Waals surface area contributed by atoms with E-state index >= 15 is 0 Å². The van der Waals surface area contributed by atoms with Gasteiger partial charge in [0.25, 0.3) is 0 Å². The van der Waals surface area contributed by atoms with Crippen molar-refractivity contribution in [2.75, 3.05) is 0 Å². The Morgan fingerprint density at radius 2 is 1.04 bits per heavy atom. The van der Waals surface area contributed by atoms with Gasteiger partial charge in [0, 0.05) is 0 Å². The number of hydrogen-bond acceptors (Lipinski definition) is 0. The first-order valence-corrected chi connectivity index (χ1v) is 8.46. The zero-order valence-corrected chi connectivity index (χ0v) is 14.4. The molecule has 1 heteroatoms. The Morgan fingerprint density at radius 1 is 0.577 bits per heavy atom. The molecule has 0 N–H and O–H groups in total. The first kappa shape index (κ1) is 19.8. The van der Waals surface area contributed by atoms with E-state index in [0.29, 0.717) is 0 Å². The molecule has 0 aromatic heterocycles. The summed E-state index contributed by atoms with van der Waals surface area (Å²) < 4.78 is 0. The summed E-state index contributed by atoms with van der Waals surface area (Å²) in [5.74, 6) is 0. The van der Waals surface area contributed by atoms with Crippen molar-refractivity contribution in [1.82, 2.24) is 0 Å². The lowest BCUT2D eigenvalue weighted by molar-refractivity contribution is 1.35. The lowest BCUT2D eigenvalue weighted by Crippen LogP contribution is -2.32. The summed E-state index contributed by atoms with van der Waals surface area (Å²) in [6, 6.07) is 24.2. The summed E-state index contributed by atoms with van der Waals surface area (Å²) in [5, 5.41) is 5.22. The molecule has 131 valence electrons. The van der Waals surface area contributed by atoms with E-state index in [0.717, 1.165) is 0 Å². The van der Waals surface area contributed by atoms with Crippen LogP contribution in [0.15, 0.2) is 66.7 Å². The summed E-state index contributed by atoms with van der Waals surface area (Å²) in [6.45, 7) is 6.58. The lowest BCUT2D eigenvalue weighted by atomic mass is 9.58. The number of fused-ring (bicyclic) bond motifs is 2. The van der Waals surface area contributed by atoms with E-state index in [-0.39, 0.29) is 14.9 Å². The van der Waals surface area contributed by atoms with Crippen LogP contribution in [0.5, 0.6) is 0 Å². The topological polar surface area (TPSA) is 0 Å². The van der Waals surface area contributed by atoms with Crippen molar-refractivity contribution in [3.8, 4) is 0 Å². The Kier molecular flexibility index (Phi) is 5.92. The molecule has 0 bridgehead atoms. The van der Waals surface area contributed by atoms with Gasteiger partial charge in [-0.3, -0.25) is 0 Å². The van der Waals surface area contributed by atoms with Crippen LogP contribution in [0.2, 0.25) is 0 Å². The minimum Gasteiger partial charge on any atom is -0.0776 e. The SMILES string of the molecule is C.C.Cc1cc(C)c([B]c2c3ccccc3cc3ccccc23)c(C)c1. The van der Waals surface area contributed by atoms with Crippen LogP contribution >= 0.6 is 0 Å². The molecule has 0 atom stereocenters. The fourth-order valence-electron chi connectivity index (χ4n) is 3.77. The van der Waals surface area contributed by atoms with E-state index in [1.54, 1.807) is 0 Å². The zero-order valence-electron chi connectivity index (χ0n) is 14.4. The molecule has 4 aromatic carbocycles. The van der Waals surface area contributed by atoms with Crippen molar-refractivity contribution in [1.29, 1.82) is 0 Å². The monoisotopic (exact) mass is 339 g/mol. The highest BCUT2D eigenvalue weighted by atomic mass is 14.1. The quantitative estimate of drug-likeness (QED) is 0.318. The molecule has 0 heterocycles. The second-order valence-corrected chi connectivity index (χ2v) is 6.69. The van der Waals surface area contributed by atoms with E-state index in [9.17, 15) is 0 Å². The number of rotatable bonds is 2. The molecule has 0 aliphatic carbocycles. The molecule has 0 saturated heterocycles. The Morgan fingerprint density at radius 3 is 1.54 bits per heavy atom. The number of aryl methyl sites for hydroxylation is 3. The molecule has 4 aromatic rings. The maximum atomic E-state index is 2.37. The smallest absolute Gasteiger partial charge is 0.0776 e. The van der Waals surface area contributed by atoms with Gasteiger partial charge in [-0.15, -0.1) is 0 Å². The van der Waals surface area contributed by atoms with E-state index < -0.39 is 0 Å². The van der Waals surface area contributed by atoms with Gasteiger partial charge in [-0.1, -0.05) is 103 Å². The van der Waals surface area contributed by atoms with Gasteiger partial charge in [0.15, 0.2) is 7.28 Å². The van der Waals surface area contributed by atoms with E-state index in [4.69, 9.17) is 0 Å². The second kappa shape index (κ2) is 7.78. The van der Waals surface area contributed by atoms with Crippen molar-refractivity contribution in [2.45, 2.75) is 35.6 Å². The Hall–Kier alpha value is -2.54. The number of benzene rings is 4. The molecule has 0 fully saturated rings. The van der Waals surface area contributed by atoms with Gasteiger partial charge in [-0.2, -0.15) is 0 Å². The van der Waals surface area contributed by atoms with Gasteiger partial charge in [0.05, 0.1) is 0 Å². The maximum absolute atomic E-state index is 2.37. The second-order valence-electron chi connectivity index (χ2n) is 6.69. The van der Waals surface area contributed by atoms with Crippen LogP contribution in [-0.2, 0) is 0 Å². The lowest BCUT2D eigenvalue weighted by Gasteiger charge is -2.15. The molecule has 26 heavy (non-hydrogen) atoms. The van der Waals surface area contributed by atoms with Crippen LogP contribution in [0.1, 0.15) is 31.5 Å². The van der Waals surface area contributed by atoms with Crippen LogP contribution in [-0.4, -0.2) is 7.28 Å². The van der Waals surface area contributed by atoms with Gasteiger partial charge in [-0.25, -0.2) is 0 Å². The van der Waals surface area contributed by atoms with E-state index in [1.807, 2.05) is 0 Å². The Labute approximate surface area is 159 Å². The summed E-state index contributed by atoms with van der Waals surface area (Å²) >= 11 is 0. The molecule has 0 amide bonds. The van der Waals surface area contributed by atoms with Gasteiger partial charge in [0.2, 0.25) is 0 Å². The molecule has 0 unspecified atom stereocenters. The predicted octanol–water partition coefficient (Wildman–Crippen LogP) is 5.85. The Bertz CT molecular complexity index is 983. The van der Waals surface area contributed by atoms with Crippen LogP contribution in [0.25, 0.3) is 21.5 Å². The standard InChI is InChI=1S/C23H20B.2CH4/c1-15-12-16(2)22(17(3)13-15)24-23-20-10-6-4-8-18(20)14-19-9-5-7-11-21(19)23;;/h4-14H,1-3H3;2*1H4. The molecule has 1 radical (unpaired) electrons. The van der Waals surface area contributed by atoms with Crippen molar-refractivity contribution in [2.24, 2.45) is 0 Å². The largest absolute Gasteiger partial charge is 0.193 e. The van der Waals surface area contributed by atoms with Crippen LogP contribution in [0, 0.1) is 20.8 Å². The molecular formula is C25H28B. The average Bonchev–Trinajstić information content (AvgIpc) is 2.57. The van der Waals surface area contributed by atoms with E-state index in [2.05, 4.69) is 94.8 Å². The highest BCUT2D eigenvalue weighted by molar-refractivity contribution is 6.73. The van der Waals surface area contributed by atoms with Gasteiger partial charge in [0.1, 0.15) is 0 Å². The van der Waals surface area contributed by atoms with E-state index in [1.165, 1.54) is 49.2 Å². The maximum Gasteiger partial charge on any atom is 0.193 e. The molecule has 0 saturated carbocycles. The predicted molar refractivity (Wildman–Crippen MR) is 121 cm³/mol. The molecule has 4 rings (SSSR count). The van der Waals surface area contributed by atoms with Crippen LogP contribution in [0.4, 0.5) is 0 Å². The minimum atomic E-state index is 0. The third-order valence-electron chi connectivity index (χ3n) is 4.84. The Balaban J connectivity index is 0.00000121. The summed E-state index contributed by atoms with van der Waals surface area (Å²) in [7, 11) is 2.37. The van der Waals surface area contributed by atoms with Gasteiger partial charge < -0.3 is 0 Å².